The topological polar surface area (TPSA) is 25.0 Å². The van der Waals surface area contributed by atoms with Gasteiger partial charge in [0.2, 0.25) is 0 Å². The van der Waals surface area contributed by atoms with Crippen LogP contribution in [0, 0.1) is 0 Å². The molecule has 0 atom stereocenters. The van der Waals surface area contributed by atoms with Crippen molar-refractivity contribution in [3.05, 3.63) is 53.9 Å². The maximum absolute atomic E-state index is 5.15. The number of hydrogen-bond donors (Lipinski definition) is 1. The minimum atomic E-state index is 0.878. The van der Waals surface area contributed by atoms with Crippen molar-refractivity contribution in [1.29, 1.82) is 0 Å². The van der Waals surface area contributed by atoms with Crippen LogP contribution in [0.4, 0.5) is 0 Å². The van der Waals surface area contributed by atoms with Crippen LogP contribution in [0.1, 0.15) is 11.3 Å². The summed E-state index contributed by atoms with van der Waals surface area (Å²) in [4.78, 5) is 3.12. The van der Waals surface area contributed by atoms with Gasteiger partial charge in [0.05, 0.1) is 7.11 Å². The maximum atomic E-state index is 5.15. The van der Waals surface area contributed by atoms with Crippen molar-refractivity contribution >= 4 is 12.2 Å². The summed E-state index contributed by atoms with van der Waals surface area (Å²) >= 11 is 0. The molecule has 2 rings (SSSR count). The quantitative estimate of drug-likeness (QED) is 0.806. The molecule has 0 bridgehead atoms. The van der Waals surface area contributed by atoms with E-state index in [1.54, 1.807) is 7.11 Å². The molecular weight excluding hydrogens is 186 g/mol. The van der Waals surface area contributed by atoms with Gasteiger partial charge in [-0.1, -0.05) is 18.2 Å². The molecule has 0 fully saturated rings. The third-order valence-electron chi connectivity index (χ3n) is 2.17. The number of hydrogen-bond acceptors (Lipinski definition) is 1. The molecule has 0 aliphatic carbocycles. The number of aromatic nitrogens is 1. The molecule has 0 aliphatic rings. The standard InChI is InChI=1S/C13H13NO/c1-15-13-6-2-4-11(10-13)7-8-12-5-3-9-14-12/h2-10,14H,1H3/b8-7+. The Morgan fingerprint density at radius 3 is 2.80 bits per heavy atom. The van der Waals surface area contributed by atoms with E-state index in [0.29, 0.717) is 0 Å². The number of H-pyrrole nitrogens is 1. The zero-order valence-electron chi connectivity index (χ0n) is 8.60. The van der Waals surface area contributed by atoms with Gasteiger partial charge < -0.3 is 9.72 Å². The monoisotopic (exact) mass is 199 g/mol. The van der Waals surface area contributed by atoms with Crippen LogP contribution in [-0.4, -0.2) is 12.1 Å². The molecule has 1 aromatic heterocycles. The van der Waals surface area contributed by atoms with Gasteiger partial charge >= 0.3 is 0 Å². The largest absolute Gasteiger partial charge is 0.497 e. The Hall–Kier alpha value is -1.96. The molecule has 15 heavy (non-hydrogen) atoms. The summed E-state index contributed by atoms with van der Waals surface area (Å²) in [5, 5.41) is 0. The van der Waals surface area contributed by atoms with E-state index in [4.69, 9.17) is 4.74 Å². The zero-order valence-corrected chi connectivity index (χ0v) is 8.60. The van der Waals surface area contributed by atoms with E-state index in [1.165, 1.54) is 0 Å². The average Bonchev–Trinajstić information content (AvgIpc) is 2.79. The Morgan fingerprint density at radius 2 is 2.07 bits per heavy atom. The van der Waals surface area contributed by atoms with Crippen LogP contribution in [0.3, 0.4) is 0 Å². The minimum absolute atomic E-state index is 0.878. The summed E-state index contributed by atoms with van der Waals surface area (Å²) in [5.74, 6) is 0.878. The molecule has 2 nitrogen and oxygen atoms in total. The number of nitrogens with one attached hydrogen (secondary N) is 1. The fourth-order valence-electron chi connectivity index (χ4n) is 1.38. The SMILES string of the molecule is COc1cccc(/C=C/c2ccc[nH]2)c1. The summed E-state index contributed by atoms with van der Waals surface area (Å²) < 4.78 is 5.15. The predicted octanol–water partition coefficient (Wildman–Crippen LogP) is 3.19. The van der Waals surface area contributed by atoms with Crippen LogP contribution in [-0.2, 0) is 0 Å². The maximum Gasteiger partial charge on any atom is 0.119 e. The van der Waals surface area contributed by atoms with E-state index < -0.39 is 0 Å². The van der Waals surface area contributed by atoms with Crippen molar-refractivity contribution in [2.75, 3.05) is 7.11 Å². The van der Waals surface area contributed by atoms with Crippen LogP contribution < -0.4 is 4.74 Å². The van der Waals surface area contributed by atoms with Crippen molar-refractivity contribution in [2.24, 2.45) is 0 Å². The van der Waals surface area contributed by atoms with E-state index >= 15 is 0 Å². The highest BCUT2D eigenvalue weighted by atomic mass is 16.5. The van der Waals surface area contributed by atoms with Gasteiger partial charge in [-0.2, -0.15) is 0 Å². The molecular formula is C13H13NO. The third-order valence-corrected chi connectivity index (χ3v) is 2.17. The lowest BCUT2D eigenvalue weighted by molar-refractivity contribution is 0.414. The van der Waals surface area contributed by atoms with Crippen molar-refractivity contribution in [3.63, 3.8) is 0 Å². The van der Waals surface area contributed by atoms with Gasteiger partial charge in [0.25, 0.3) is 0 Å². The molecule has 2 aromatic rings. The Labute approximate surface area is 89.2 Å². The first kappa shape index (κ1) is 9.59. The lowest BCUT2D eigenvalue weighted by Crippen LogP contribution is -1.82. The van der Waals surface area contributed by atoms with Gasteiger partial charge in [0.1, 0.15) is 5.75 Å². The van der Waals surface area contributed by atoms with Gasteiger partial charge in [0, 0.05) is 11.9 Å². The van der Waals surface area contributed by atoms with Gasteiger partial charge in [-0.05, 0) is 35.9 Å². The molecule has 76 valence electrons. The normalized spacial score (nSPS) is 10.7. The second kappa shape index (κ2) is 4.51. The number of methoxy groups -OCH3 is 1. The molecule has 0 saturated carbocycles. The van der Waals surface area contributed by atoms with Crippen molar-refractivity contribution in [1.82, 2.24) is 4.98 Å². The van der Waals surface area contributed by atoms with Crippen LogP contribution in [0.2, 0.25) is 0 Å². The van der Waals surface area contributed by atoms with E-state index in [0.717, 1.165) is 17.0 Å². The van der Waals surface area contributed by atoms with Crippen LogP contribution in [0.15, 0.2) is 42.6 Å². The smallest absolute Gasteiger partial charge is 0.119 e. The first-order valence-corrected chi connectivity index (χ1v) is 4.84. The number of aromatic amines is 1. The van der Waals surface area contributed by atoms with E-state index in [9.17, 15) is 0 Å². The molecule has 2 heteroatoms. The summed E-state index contributed by atoms with van der Waals surface area (Å²) in [6, 6.07) is 12.0. The van der Waals surface area contributed by atoms with Crippen LogP contribution in [0.25, 0.3) is 12.2 Å². The van der Waals surface area contributed by atoms with Crippen molar-refractivity contribution in [3.8, 4) is 5.75 Å². The molecule has 1 aromatic carbocycles. The minimum Gasteiger partial charge on any atom is -0.497 e. The second-order valence-corrected chi connectivity index (χ2v) is 3.24. The average molecular weight is 199 g/mol. The van der Waals surface area contributed by atoms with Gasteiger partial charge in [-0.25, -0.2) is 0 Å². The Kier molecular flexibility index (Phi) is 2.88. The number of ether oxygens (including phenoxy) is 1. The van der Waals surface area contributed by atoms with Crippen LogP contribution in [0.5, 0.6) is 5.75 Å². The lowest BCUT2D eigenvalue weighted by atomic mass is 10.2. The van der Waals surface area contributed by atoms with Crippen molar-refractivity contribution < 1.29 is 4.74 Å². The molecule has 0 radical (unpaired) electrons. The summed E-state index contributed by atoms with van der Waals surface area (Å²) in [6.45, 7) is 0. The van der Waals surface area contributed by atoms with Crippen LogP contribution >= 0.6 is 0 Å². The highest BCUT2D eigenvalue weighted by Gasteiger charge is 1.91. The lowest BCUT2D eigenvalue weighted by Gasteiger charge is -1.99. The third kappa shape index (κ3) is 2.50. The number of benzene rings is 1. The molecule has 0 spiro atoms. The Morgan fingerprint density at radius 1 is 1.13 bits per heavy atom. The van der Waals surface area contributed by atoms with Crippen molar-refractivity contribution in [2.45, 2.75) is 0 Å². The first-order chi connectivity index (χ1) is 7.38. The summed E-state index contributed by atoms with van der Waals surface area (Å²) in [5.41, 5.74) is 2.22. The van der Waals surface area contributed by atoms with E-state index in [2.05, 4.69) is 4.98 Å². The highest BCUT2D eigenvalue weighted by molar-refractivity contribution is 5.68. The molecule has 1 N–H and O–H groups in total. The zero-order chi connectivity index (χ0) is 10.5. The molecule has 0 saturated heterocycles. The second-order valence-electron chi connectivity index (χ2n) is 3.24. The molecule has 0 aliphatic heterocycles. The van der Waals surface area contributed by atoms with E-state index in [1.807, 2.05) is 54.7 Å². The molecule has 1 heterocycles. The Balaban J connectivity index is 2.17. The predicted molar refractivity (Wildman–Crippen MR) is 62.7 cm³/mol. The number of rotatable bonds is 3. The fraction of sp³-hybridized carbons (Fsp3) is 0.0769. The Bertz CT molecular complexity index is 443. The van der Waals surface area contributed by atoms with Gasteiger partial charge in [0.15, 0.2) is 0 Å². The highest BCUT2D eigenvalue weighted by Crippen LogP contribution is 2.14. The molecule has 0 amide bonds. The van der Waals surface area contributed by atoms with E-state index in [-0.39, 0.29) is 0 Å². The van der Waals surface area contributed by atoms with Gasteiger partial charge in [-0.3, -0.25) is 0 Å². The first-order valence-electron chi connectivity index (χ1n) is 4.84. The summed E-state index contributed by atoms with van der Waals surface area (Å²) in [7, 11) is 1.67. The molecule has 0 unspecified atom stereocenters. The fourth-order valence-corrected chi connectivity index (χ4v) is 1.38. The van der Waals surface area contributed by atoms with Gasteiger partial charge in [-0.15, -0.1) is 0 Å². The summed E-state index contributed by atoms with van der Waals surface area (Å²) in [6.07, 6.45) is 5.99.